The molecule has 0 unspecified atom stereocenters. The molecule has 0 aromatic heterocycles. The number of carbonyl (C=O) groups is 1. The van der Waals surface area contributed by atoms with Crippen molar-refractivity contribution in [2.24, 2.45) is 0 Å². The van der Waals surface area contributed by atoms with E-state index in [9.17, 15) is 4.79 Å². The zero-order valence-electron chi connectivity index (χ0n) is 15.3. The minimum absolute atomic E-state index is 0.142. The van der Waals surface area contributed by atoms with Gasteiger partial charge in [0.1, 0.15) is 6.10 Å². The molecule has 24 heavy (non-hydrogen) atoms. The smallest absolute Gasteiger partial charge is 0.251 e. The minimum Gasteiger partial charge on any atom is -0.360 e. The van der Waals surface area contributed by atoms with Gasteiger partial charge in [-0.3, -0.25) is 9.69 Å². The zero-order valence-corrected chi connectivity index (χ0v) is 15.3. The highest BCUT2D eigenvalue weighted by Crippen LogP contribution is 2.33. The summed E-state index contributed by atoms with van der Waals surface area (Å²) in [4.78, 5) is 16.7. The molecule has 0 aliphatic carbocycles. The molecule has 2 atom stereocenters. The Labute approximate surface area is 145 Å². The molecule has 1 spiro atoms. The van der Waals surface area contributed by atoms with Crippen LogP contribution in [-0.2, 0) is 16.1 Å². The summed E-state index contributed by atoms with van der Waals surface area (Å²) in [5.41, 5.74) is 2.54. The number of benzene rings is 1. The lowest BCUT2D eigenvalue weighted by atomic mass is 9.91. The van der Waals surface area contributed by atoms with E-state index in [-0.39, 0.29) is 17.6 Å². The number of likely N-dealkylation sites (tertiary alicyclic amines) is 1. The predicted octanol–water partition coefficient (Wildman–Crippen LogP) is 2.99. The summed E-state index contributed by atoms with van der Waals surface area (Å²) in [6.07, 6.45) is 2.88. The van der Waals surface area contributed by atoms with E-state index in [1.54, 1.807) is 0 Å². The molecule has 2 heterocycles. The first kappa shape index (κ1) is 17.4. The minimum atomic E-state index is -0.303. The van der Waals surface area contributed by atoms with E-state index in [1.807, 2.05) is 11.8 Å². The van der Waals surface area contributed by atoms with Crippen LogP contribution >= 0.6 is 0 Å². The van der Waals surface area contributed by atoms with Crippen molar-refractivity contribution in [2.75, 3.05) is 26.2 Å². The number of carbonyl (C=O) groups excluding carboxylic acids is 1. The second-order valence-corrected chi connectivity index (χ2v) is 7.41. The highest BCUT2D eigenvalue weighted by atomic mass is 16.5. The van der Waals surface area contributed by atoms with Crippen LogP contribution in [0.15, 0.2) is 24.3 Å². The van der Waals surface area contributed by atoms with Gasteiger partial charge in [0.05, 0.1) is 5.60 Å². The third kappa shape index (κ3) is 3.81. The lowest BCUT2D eigenvalue weighted by molar-refractivity contribution is -0.182. The molecule has 4 nitrogen and oxygen atoms in total. The van der Waals surface area contributed by atoms with Crippen molar-refractivity contribution in [2.45, 2.75) is 58.3 Å². The lowest BCUT2D eigenvalue weighted by Crippen LogP contribution is -2.58. The number of aryl methyl sites for hydroxylation is 1. The maximum Gasteiger partial charge on any atom is 0.251 e. The summed E-state index contributed by atoms with van der Waals surface area (Å²) in [6, 6.07) is 8.83. The van der Waals surface area contributed by atoms with E-state index in [1.165, 1.54) is 11.1 Å². The van der Waals surface area contributed by atoms with Crippen LogP contribution in [0, 0.1) is 6.92 Å². The Morgan fingerprint density at radius 3 is 2.67 bits per heavy atom. The second kappa shape index (κ2) is 7.24. The van der Waals surface area contributed by atoms with Gasteiger partial charge in [-0.25, -0.2) is 0 Å². The van der Waals surface area contributed by atoms with Crippen molar-refractivity contribution in [3.8, 4) is 0 Å². The molecule has 0 N–H and O–H groups in total. The van der Waals surface area contributed by atoms with E-state index in [0.29, 0.717) is 0 Å². The van der Waals surface area contributed by atoms with E-state index < -0.39 is 0 Å². The van der Waals surface area contributed by atoms with Crippen LogP contribution in [0.4, 0.5) is 0 Å². The number of nitrogens with zero attached hydrogens (tertiary/aromatic N) is 2. The molecule has 0 saturated carbocycles. The number of amides is 1. The standard InChI is InChI=1S/C20H30N2O2/c1-4-22-15-20(24-17(3)19(22)23)10-5-12-21(13-11-20)14-18-8-6-16(2)7-9-18/h6-9,17H,4-5,10-15H2,1-3H3/t17-,20-/m0/s1. The van der Waals surface area contributed by atoms with Gasteiger partial charge in [0, 0.05) is 26.2 Å². The third-order valence-corrected chi connectivity index (χ3v) is 5.46. The fourth-order valence-electron chi connectivity index (χ4n) is 4.02. The van der Waals surface area contributed by atoms with Gasteiger partial charge in [0.2, 0.25) is 0 Å². The number of ether oxygens (including phenoxy) is 1. The molecular formula is C20H30N2O2. The van der Waals surface area contributed by atoms with Crippen molar-refractivity contribution in [3.05, 3.63) is 35.4 Å². The number of hydrogen-bond acceptors (Lipinski definition) is 3. The predicted molar refractivity (Wildman–Crippen MR) is 95.8 cm³/mol. The molecule has 2 fully saturated rings. The fourth-order valence-corrected chi connectivity index (χ4v) is 4.02. The molecule has 2 aliphatic heterocycles. The highest BCUT2D eigenvalue weighted by Gasteiger charge is 2.43. The number of likely N-dealkylation sites (N-methyl/N-ethyl adjacent to an activating group) is 1. The van der Waals surface area contributed by atoms with Crippen molar-refractivity contribution < 1.29 is 9.53 Å². The summed E-state index contributed by atoms with van der Waals surface area (Å²) in [7, 11) is 0. The Hall–Kier alpha value is -1.39. The average molecular weight is 330 g/mol. The van der Waals surface area contributed by atoms with Crippen molar-refractivity contribution in [3.63, 3.8) is 0 Å². The highest BCUT2D eigenvalue weighted by molar-refractivity contribution is 5.81. The molecule has 132 valence electrons. The summed E-state index contributed by atoms with van der Waals surface area (Å²) in [5.74, 6) is 0.142. The molecule has 2 saturated heterocycles. The average Bonchev–Trinajstić information content (AvgIpc) is 2.76. The Kier molecular flexibility index (Phi) is 5.26. The normalized spacial score (nSPS) is 29.0. The van der Waals surface area contributed by atoms with Crippen molar-refractivity contribution in [1.82, 2.24) is 9.80 Å². The largest absolute Gasteiger partial charge is 0.360 e. The van der Waals surface area contributed by atoms with E-state index in [4.69, 9.17) is 4.74 Å². The summed E-state index contributed by atoms with van der Waals surface area (Å²) in [5, 5.41) is 0. The number of morpholine rings is 1. The monoisotopic (exact) mass is 330 g/mol. The Bertz CT molecular complexity index is 572. The lowest BCUT2D eigenvalue weighted by Gasteiger charge is -2.44. The van der Waals surface area contributed by atoms with Gasteiger partial charge in [-0.1, -0.05) is 29.8 Å². The van der Waals surface area contributed by atoms with Crippen LogP contribution in [0.25, 0.3) is 0 Å². The quantitative estimate of drug-likeness (QED) is 0.854. The van der Waals surface area contributed by atoms with E-state index >= 15 is 0 Å². The Balaban J connectivity index is 1.64. The van der Waals surface area contributed by atoms with Gasteiger partial charge in [-0.05, 0) is 52.1 Å². The topological polar surface area (TPSA) is 32.8 Å². The van der Waals surface area contributed by atoms with Gasteiger partial charge in [-0.15, -0.1) is 0 Å². The maximum atomic E-state index is 12.2. The van der Waals surface area contributed by atoms with Gasteiger partial charge < -0.3 is 9.64 Å². The van der Waals surface area contributed by atoms with Crippen LogP contribution in [-0.4, -0.2) is 53.6 Å². The number of hydrogen-bond donors (Lipinski definition) is 0. The van der Waals surface area contributed by atoms with Gasteiger partial charge >= 0.3 is 0 Å². The fraction of sp³-hybridized carbons (Fsp3) is 0.650. The molecule has 2 aliphatic rings. The SMILES string of the molecule is CCN1C[C@@]2(CCCN(Cc3ccc(C)cc3)CC2)O[C@@H](C)C1=O. The Morgan fingerprint density at radius 1 is 1.21 bits per heavy atom. The van der Waals surface area contributed by atoms with Crippen molar-refractivity contribution >= 4 is 5.91 Å². The first-order valence-corrected chi connectivity index (χ1v) is 9.26. The summed E-state index contributed by atoms with van der Waals surface area (Å²) in [6.45, 7) is 10.8. The second-order valence-electron chi connectivity index (χ2n) is 7.41. The van der Waals surface area contributed by atoms with E-state index in [2.05, 4.69) is 43.0 Å². The molecule has 1 aromatic carbocycles. The molecule has 3 rings (SSSR count). The molecule has 1 amide bonds. The molecule has 0 radical (unpaired) electrons. The van der Waals surface area contributed by atoms with Crippen LogP contribution in [0.1, 0.15) is 44.2 Å². The molecule has 0 bridgehead atoms. The zero-order chi connectivity index (χ0) is 17.2. The van der Waals surface area contributed by atoms with Gasteiger partial charge in [0.15, 0.2) is 0 Å². The summed E-state index contributed by atoms with van der Waals surface area (Å²) < 4.78 is 6.24. The molecule has 4 heteroatoms. The van der Waals surface area contributed by atoms with Crippen molar-refractivity contribution in [1.29, 1.82) is 0 Å². The van der Waals surface area contributed by atoms with Crippen LogP contribution < -0.4 is 0 Å². The van der Waals surface area contributed by atoms with E-state index in [0.717, 1.165) is 52.0 Å². The first-order valence-electron chi connectivity index (χ1n) is 9.26. The summed E-state index contributed by atoms with van der Waals surface area (Å²) >= 11 is 0. The van der Waals surface area contributed by atoms with Crippen LogP contribution in [0.5, 0.6) is 0 Å². The van der Waals surface area contributed by atoms with Crippen LogP contribution in [0.2, 0.25) is 0 Å². The third-order valence-electron chi connectivity index (χ3n) is 5.46. The molecule has 1 aromatic rings. The first-order chi connectivity index (χ1) is 11.5. The maximum absolute atomic E-state index is 12.2. The van der Waals surface area contributed by atoms with Gasteiger partial charge in [0.25, 0.3) is 5.91 Å². The molecular weight excluding hydrogens is 300 g/mol. The van der Waals surface area contributed by atoms with Crippen LogP contribution in [0.3, 0.4) is 0 Å². The number of rotatable bonds is 3. The van der Waals surface area contributed by atoms with Gasteiger partial charge in [-0.2, -0.15) is 0 Å². The Morgan fingerprint density at radius 2 is 1.96 bits per heavy atom.